The summed E-state index contributed by atoms with van der Waals surface area (Å²) >= 11 is 9.67. The van der Waals surface area contributed by atoms with E-state index < -0.39 is 5.97 Å². The lowest BCUT2D eigenvalue weighted by Crippen LogP contribution is -2.05. The van der Waals surface area contributed by atoms with E-state index in [4.69, 9.17) is 25.8 Å². The molecule has 146 valence electrons. The van der Waals surface area contributed by atoms with Gasteiger partial charge in [0.2, 0.25) is 5.90 Å². The summed E-state index contributed by atoms with van der Waals surface area (Å²) in [5.41, 5.74) is 1.48. The zero-order chi connectivity index (χ0) is 20.1. The fraction of sp³-hybridized carbons (Fsp3) is 0.238. The van der Waals surface area contributed by atoms with E-state index in [1.165, 1.54) is 0 Å². The predicted molar refractivity (Wildman–Crippen MR) is 113 cm³/mol. The molecule has 2 aromatic carbocycles. The average Bonchev–Trinajstić information content (AvgIpc) is 3.03. The van der Waals surface area contributed by atoms with Gasteiger partial charge in [0.25, 0.3) is 0 Å². The van der Waals surface area contributed by atoms with E-state index in [9.17, 15) is 4.79 Å². The molecule has 3 rings (SSSR count). The number of hydrogen-bond donors (Lipinski definition) is 0. The van der Waals surface area contributed by atoms with Crippen LogP contribution < -0.4 is 9.47 Å². The molecule has 0 saturated heterocycles. The maximum Gasteiger partial charge on any atom is 0.363 e. The van der Waals surface area contributed by atoms with Crippen molar-refractivity contribution in [2.45, 2.75) is 19.8 Å². The second-order valence-corrected chi connectivity index (χ2v) is 7.31. The average molecular weight is 465 g/mol. The van der Waals surface area contributed by atoms with E-state index in [1.807, 2.05) is 6.07 Å². The zero-order valence-electron chi connectivity index (χ0n) is 15.5. The molecular weight excluding hydrogens is 446 g/mol. The number of carbonyl (C=O) groups excluding carboxylic acids is 1. The summed E-state index contributed by atoms with van der Waals surface area (Å²) in [7, 11) is 1.57. The van der Waals surface area contributed by atoms with Crippen LogP contribution in [-0.2, 0) is 9.53 Å². The molecule has 1 heterocycles. The second-order valence-electron chi connectivity index (χ2n) is 6.05. The molecule has 0 fully saturated rings. The van der Waals surface area contributed by atoms with E-state index in [2.05, 4.69) is 27.8 Å². The molecule has 0 aromatic heterocycles. The molecule has 28 heavy (non-hydrogen) atoms. The zero-order valence-corrected chi connectivity index (χ0v) is 17.8. The summed E-state index contributed by atoms with van der Waals surface area (Å²) in [4.78, 5) is 16.5. The van der Waals surface area contributed by atoms with Crippen molar-refractivity contribution in [2.75, 3.05) is 13.7 Å². The van der Waals surface area contributed by atoms with Gasteiger partial charge in [0.1, 0.15) is 0 Å². The van der Waals surface area contributed by atoms with Gasteiger partial charge in [-0.2, -0.15) is 0 Å². The molecule has 0 N–H and O–H groups in total. The quantitative estimate of drug-likeness (QED) is 0.302. The summed E-state index contributed by atoms with van der Waals surface area (Å²) in [6, 6.07) is 10.7. The van der Waals surface area contributed by atoms with Gasteiger partial charge in [0, 0.05) is 0 Å². The third-order valence-corrected chi connectivity index (χ3v) is 4.94. The van der Waals surface area contributed by atoms with Crippen LogP contribution in [0.2, 0.25) is 5.02 Å². The maximum absolute atomic E-state index is 12.2. The number of esters is 1. The fourth-order valence-corrected chi connectivity index (χ4v) is 3.39. The first-order chi connectivity index (χ1) is 13.5. The van der Waals surface area contributed by atoms with Crippen molar-refractivity contribution in [1.82, 2.24) is 0 Å². The number of methoxy groups -OCH3 is 1. The van der Waals surface area contributed by atoms with Crippen LogP contribution in [0.1, 0.15) is 30.9 Å². The van der Waals surface area contributed by atoms with Crippen molar-refractivity contribution in [2.24, 2.45) is 4.99 Å². The highest BCUT2D eigenvalue weighted by atomic mass is 79.9. The minimum atomic E-state index is -0.534. The normalized spacial score (nSPS) is 14.8. The number of ether oxygens (including phenoxy) is 3. The lowest BCUT2D eigenvalue weighted by molar-refractivity contribution is -0.129. The maximum atomic E-state index is 12.2. The molecule has 0 bridgehead atoms. The monoisotopic (exact) mass is 463 g/mol. The van der Waals surface area contributed by atoms with Gasteiger partial charge >= 0.3 is 5.97 Å². The van der Waals surface area contributed by atoms with E-state index in [1.54, 1.807) is 43.5 Å². The van der Waals surface area contributed by atoms with Crippen LogP contribution >= 0.6 is 27.5 Å². The van der Waals surface area contributed by atoms with Gasteiger partial charge in [-0.3, -0.25) is 0 Å². The molecule has 0 radical (unpaired) electrons. The number of unbranched alkanes of at least 4 members (excludes halogenated alkanes) is 1. The number of benzene rings is 2. The number of carbonyl (C=O) groups is 1. The highest BCUT2D eigenvalue weighted by molar-refractivity contribution is 9.10. The van der Waals surface area contributed by atoms with Crippen molar-refractivity contribution in [1.29, 1.82) is 0 Å². The SMILES string of the molecule is CCCCOc1c(Br)cc(/C=C2\N=C(c3ccccc3Cl)OC2=O)cc1OC. The number of nitrogens with zero attached hydrogens (tertiary/aromatic N) is 1. The van der Waals surface area contributed by atoms with Gasteiger partial charge in [-0.1, -0.05) is 37.1 Å². The van der Waals surface area contributed by atoms with Gasteiger partial charge in [-0.15, -0.1) is 0 Å². The molecule has 1 aliphatic rings. The van der Waals surface area contributed by atoms with Crippen molar-refractivity contribution in [3.05, 3.63) is 62.7 Å². The van der Waals surface area contributed by atoms with E-state index in [-0.39, 0.29) is 11.6 Å². The van der Waals surface area contributed by atoms with Crippen LogP contribution in [0, 0.1) is 0 Å². The van der Waals surface area contributed by atoms with Gasteiger partial charge in [0.05, 0.1) is 28.8 Å². The summed E-state index contributed by atoms with van der Waals surface area (Å²) in [6.45, 7) is 2.70. The topological polar surface area (TPSA) is 57.1 Å². The summed E-state index contributed by atoms with van der Waals surface area (Å²) in [5, 5.41) is 0.466. The smallest absolute Gasteiger partial charge is 0.363 e. The first-order valence-corrected chi connectivity index (χ1v) is 9.98. The second kappa shape index (κ2) is 9.26. The van der Waals surface area contributed by atoms with Gasteiger partial charge in [0.15, 0.2) is 17.2 Å². The Kier molecular flexibility index (Phi) is 6.75. The Hall–Kier alpha value is -2.31. The molecule has 0 amide bonds. The predicted octanol–water partition coefficient (Wildman–Crippen LogP) is 5.63. The molecule has 0 saturated carbocycles. The number of cyclic esters (lactones) is 1. The summed E-state index contributed by atoms with van der Waals surface area (Å²) in [5.74, 6) is 0.854. The molecule has 7 heteroatoms. The number of halogens is 2. The third kappa shape index (κ3) is 4.56. The van der Waals surface area contributed by atoms with Crippen LogP contribution in [0.25, 0.3) is 6.08 Å². The third-order valence-electron chi connectivity index (χ3n) is 4.02. The summed E-state index contributed by atoms with van der Waals surface area (Å²) in [6.07, 6.45) is 3.63. The van der Waals surface area contributed by atoms with Crippen molar-refractivity contribution < 1.29 is 19.0 Å². The molecule has 0 spiro atoms. The molecule has 1 aliphatic heterocycles. The van der Waals surface area contributed by atoms with Crippen LogP contribution in [0.3, 0.4) is 0 Å². The van der Waals surface area contributed by atoms with Crippen molar-refractivity contribution in [3.8, 4) is 11.5 Å². The van der Waals surface area contributed by atoms with Gasteiger partial charge < -0.3 is 14.2 Å². The highest BCUT2D eigenvalue weighted by Gasteiger charge is 2.25. The van der Waals surface area contributed by atoms with Crippen LogP contribution in [-0.4, -0.2) is 25.6 Å². The highest BCUT2D eigenvalue weighted by Crippen LogP contribution is 2.37. The Bertz CT molecular complexity index is 955. The van der Waals surface area contributed by atoms with Crippen molar-refractivity contribution >= 4 is 45.5 Å². The number of aliphatic imine (C=N–C) groups is 1. The lowest BCUT2D eigenvalue weighted by atomic mass is 10.1. The molecular formula is C21H19BrClNO4. The van der Waals surface area contributed by atoms with Crippen LogP contribution in [0.15, 0.2) is 51.6 Å². The largest absolute Gasteiger partial charge is 0.493 e. The van der Waals surface area contributed by atoms with Crippen molar-refractivity contribution in [3.63, 3.8) is 0 Å². The molecule has 0 unspecified atom stereocenters. The minimum absolute atomic E-state index is 0.184. The number of hydrogen-bond acceptors (Lipinski definition) is 5. The minimum Gasteiger partial charge on any atom is -0.493 e. The Morgan fingerprint density at radius 2 is 2.07 bits per heavy atom. The van der Waals surface area contributed by atoms with Crippen LogP contribution in [0.4, 0.5) is 0 Å². The van der Waals surface area contributed by atoms with Gasteiger partial charge in [-0.05, 0) is 58.3 Å². The Morgan fingerprint density at radius 3 is 2.79 bits per heavy atom. The molecule has 0 aliphatic carbocycles. The molecule has 5 nitrogen and oxygen atoms in total. The Balaban J connectivity index is 1.91. The van der Waals surface area contributed by atoms with E-state index in [0.717, 1.165) is 22.9 Å². The van der Waals surface area contributed by atoms with E-state index >= 15 is 0 Å². The first kappa shape index (κ1) is 20.4. The molecule has 2 aromatic rings. The Labute approximate surface area is 177 Å². The standard InChI is InChI=1S/C21H19BrClNO4/c1-3-4-9-27-19-15(22)10-13(12-18(19)26-2)11-17-21(25)28-20(24-17)14-7-5-6-8-16(14)23/h5-8,10-12H,3-4,9H2,1-2H3/b17-11-. The lowest BCUT2D eigenvalue weighted by Gasteiger charge is -2.13. The fourth-order valence-electron chi connectivity index (χ4n) is 2.60. The van der Waals surface area contributed by atoms with Gasteiger partial charge in [-0.25, -0.2) is 9.79 Å². The van der Waals surface area contributed by atoms with Crippen LogP contribution in [0.5, 0.6) is 11.5 Å². The Morgan fingerprint density at radius 1 is 1.29 bits per heavy atom. The first-order valence-electron chi connectivity index (χ1n) is 8.81. The van der Waals surface area contributed by atoms with E-state index in [0.29, 0.717) is 28.7 Å². The summed E-state index contributed by atoms with van der Waals surface area (Å²) < 4.78 is 17.3. The molecule has 0 atom stereocenters. The number of rotatable bonds is 7.